The third kappa shape index (κ3) is 5.96. The van der Waals surface area contributed by atoms with Crippen molar-refractivity contribution in [3.63, 3.8) is 0 Å². The van der Waals surface area contributed by atoms with Gasteiger partial charge < -0.3 is 10.1 Å². The van der Waals surface area contributed by atoms with Gasteiger partial charge in [0.15, 0.2) is 0 Å². The molecule has 0 saturated carbocycles. The molecule has 2 aromatic carbocycles. The molecule has 0 aliphatic carbocycles. The summed E-state index contributed by atoms with van der Waals surface area (Å²) in [5.74, 6) is -1.02. The molecule has 0 atom stereocenters. The highest BCUT2D eigenvalue weighted by molar-refractivity contribution is 7.92. The van der Waals surface area contributed by atoms with Gasteiger partial charge >= 0.3 is 5.97 Å². The van der Waals surface area contributed by atoms with Gasteiger partial charge in [0.05, 0.1) is 34.8 Å². The molecule has 2 aromatic rings. The van der Waals surface area contributed by atoms with Crippen molar-refractivity contribution < 1.29 is 22.7 Å². The number of nitrogens with zero attached hydrogens (tertiary/aromatic N) is 1. The van der Waals surface area contributed by atoms with Crippen molar-refractivity contribution >= 4 is 44.9 Å². The molecule has 1 amide bonds. The minimum atomic E-state index is -3.72. The average Bonchev–Trinajstić information content (AvgIpc) is 2.67. The summed E-state index contributed by atoms with van der Waals surface area (Å²) in [6.07, 6.45) is 1.05. The normalized spacial score (nSPS) is 11.3. The van der Waals surface area contributed by atoms with Gasteiger partial charge in [0.1, 0.15) is 6.54 Å². The van der Waals surface area contributed by atoms with E-state index < -0.39 is 28.4 Å². The number of para-hydroxylation sites is 1. The quantitative estimate of drug-likeness (QED) is 0.610. The lowest BCUT2D eigenvalue weighted by Crippen LogP contribution is -2.38. The van der Waals surface area contributed by atoms with Crippen LogP contribution in [-0.2, 0) is 19.6 Å². The number of rotatable bonds is 8. The Morgan fingerprint density at radius 3 is 2.40 bits per heavy atom. The molecular weight excluding hydrogens is 428 g/mol. The molecule has 0 fully saturated rings. The van der Waals surface area contributed by atoms with Crippen molar-refractivity contribution in [2.75, 3.05) is 29.0 Å². The average molecular weight is 453 g/mol. The van der Waals surface area contributed by atoms with Gasteiger partial charge in [-0.1, -0.05) is 43.6 Å². The number of amides is 1. The largest absolute Gasteiger partial charge is 0.462 e. The predicted molar refractivity (Wildman–Crippen MR) is 119 cm³/mol. The van der Waals surface area contributed by atoms with E-state index in [1.54, 1.807) is 19.1 Å². The Bertz CT molecular complexity index is 1040. The number of sulfonamides is 1. The van der Waals surface area contributed by atoms with E-state index in [4.69, 9.17) is 16.3 Å². The molecule has 0 saturated heterocycles. The fourth-order valence-electron chi connectivity index (χ4n) is 2.86. The summed E-state index contributed by atoms with van der Waals surface area (Å²) in [4.78, 5) is 24.4. The first kappa shape index (κ1) is 23.7. The van der Waals surface area contributed by atoms with E-state index in [-0.39, 0.29) is 28.8 Å². The van der Waals surface area contributed by atoms with E-state index in [0.29, 0.717) is 5.69 Å². The molecule has 1 N–H and O–H groups in total. The highest BCUT2D eigenvalue weighted by atomic mass is 35.5. The van der Waals surface area contributed by atoms with Crippen molar-refractivity contribution in [3.8, 4) is 0 Å². The maximum Gasteiger partial charge on any atom is 0.338 e. The standard InChI is InChI=1S/C21H25ClN2O5S/c1-5-29-21(26)15-10-11-18(17(22)12-15)23-20(25)13-24(30(4,27)28)19-9-7-6-8-16(19)14(2)3/h6-12,14H,5,13H2,1-4H3,(H,23,25). The summed E-state index contributed by atoms with van der Waals surface area (Å²) < 4.78 is 30.8. The molecule has 162 valence electrons. The molecule has 2 rings (SSSR count). The fraction of sp³-hybridized carbons (Fsp3) is 0.333. The predicted octanol–water partition coefficient (Wildman–Crippen LogP) is 4.04. The van der Waals surface area contributed by atoms with Crippen LogP contribution in [0, 0.1) is 0 Å². The van der Waals surface area contributed by atoms with Gasteiger partial charge in [0.25, 0.3) is 0 Å². The molecule has 30 heavy (non-hydrogen) atoms. The van der Waals surface area contributed by atoms with Crippen molar-refractivity contribution in [3.05, 3.63) is 58.6 Å². The Hall–Kier alpha value is -2.58. The Kier molecular flexibility index (Phi) is 7.86. The Labute approximate surface area is 182 Å². The number of hydrogen-bond acceptors (Lipinski definition) is 5. The summed E-state index contributed by atoms with van der Waals surface area (Å²) in [5.41, 5.74) is 1.78. The van der Waals surface area contributed by atoms with Gasteiger partial charge in [-0.05, 0) is 42.7 Å². The lowest BCUT2D eigenvalue weighted by molar-refractivity contribution is -0.114. The van der Waals surface area contributed by atoms with Gasteiger partial charge in [0, 0.05) is 0 Å². The van der Waals surface area contributed by atoms with Crippen LogP contribution in [0.4, 0.5) is 11.4 Å². The van der Waals surface area contributed by atoms with E-state index in [1.807, 2.05) is 26.0 Å². The molecular formula is C21H25ClN2O5S. The number of halogens is 1. The molecule has 0 unspecified atom stereocenters. The maximum absolute atomic E-state index is 12.6. The van der Waals surface area contributed by atoms with Crippen LogP contribution in [0.3, 0.4) is 0 Å². The number of ether oxygens (including phenoxy) is 1. The zero-order chi connectivity index (χ0) is 22.5. The first-order valence-corrected chi connectivity index (χ1v) is 11.6. The number of anilines is 2. The van der Waals surface area contributed by atoms with Gasteiger partial charge in [-0.25, -0.2) is 13.2 Å². The summed E-state index contributed by atoms with van der Waals surface area (Å²) in [7, 11) is -3.72. The molecule has 0 radical (unpaired) electrons. The molecule has 0 aromatic heterocycles. The lowest BCUT2D eigenvalue weighted by atomic mass is 10.0. The van der Waals surface area contributed by atoms with E-state index in [0.717, 1.165) is 16.1 Å². The van der Waals surface area contributed by atoms with Crippen LogP contribution >= 0.6 is 11.6 Å². The van der Waals surface area contributed by atoms with Crippen molar-refractivity contribution in [2.24, 2.45) is 0 Å². The van der Waals surface area contributed by atoms with Crippen molar-refractivity contribution in [1.82, 2.24) is 0 Å². The van der Waals surface area contributed by atoms with Crippen molar-refractivity contribution in [2.45, 2.75) is 26.7 Å². The SMILES string of the molecule is CCOC(=O)c1ccc(NC(=O)CN(c2ccccc2C(C)C)S(C)(=O)=O)c(Cl)c1. The number of carbonyl (C=O) groups excluding carboxylic acids is 2. The van der Waals surface area contributed by atoms with E-state index in [2.05, 4.69) is 5.32 Å². The molecule has 0 heterocycles. The minimum absolute atomic E-state index is 0.0679. The Morgan fingerprint density at radius 2 is 1.83 bits per heavy atom. The van der Waals surface area contributed by atoms with Gasteiger partial charge in [0.2, 0.25) is 15.9 Å². The summed E-state index contributed by atoms with van der Waals surface area (Å²) in [6, 6.07) is 11.4. The summed E-state index contributed by atoms with van der Waals surface area (Å²) >= 11 is 6.17. The Morgan fingerprint density at radius 1 is 1.17 bits per heavy atom. The second-order valence-corrected chi connectivity index (χ2v) is 9.26. The van der Waals surface area contributed by atoms with Gasteiger partial charge in [-0.3, -0.25) is 9.10 Å². The first-order valence-electron chi connectivity index (χ1n) is 9.37. The van der Waals surface area contributed by atoms with Crippen LogP contribution in [0.1, 0.15) is 42.6 Å². The topological polar surface area (TPSA) is 92.8 Å². The highest BCUT2D eigenvalue weighted by Crippen LogP contribution is 2.29. The van der Waals surface area contributed by atoms with E-state index in [1.165, 1.54) is 18.2 Å². The molecule has 0 aliphatic rings. The maximum atomic E-state index is 12.6. The number of carbonyl (C=O) groups is 2. The van der Waals surface area contributed by atoms with Crippen LogP contribution in [0.15, 0.2) is 42.5 Å². The summed E-state index contributed by atoms with van der Waals surface area (Å²) in [6.45, 7) is 5.40. The number of hydrogen-bond donors (Lipinski definition) is 1. The van der Waals surface area contributed by atoms with Gasteiger partial charge in [-0.15, -0.1) is 0 Å². The van der Waals surface area contributed by atoms with Crippen LogP contribution in [-0.4, -0.2) is 39.7 Å². The monoisotopic (exact) mass is 452 g/mol. The second kappa shape index (κ2) is 9.95. The zero-order valence-electron chi connectivity index (χ0n) is 17.3. The van der Waals surface area contributed by atoms with E-state index >= 15 is 0 Å². The van der Waals surface area contributed by atoms with Gasteiger partial charge in [-0.2, -0.15) is 0 Å². The number of benzene rings is 2. The lowest BCUT2D eigenvalue weighted by Gasteiger charge is -2.25. The number of esters is 1. The van der Waals surface area contributed by atoms with Crippen LogP contribution in [0.5, 0.6) is 0 Å². The fourth-order valence-corrected chi connectivity index (χ4v) is 3.97. The number of nitrogens with one attached hydrogen (secondary N) is 1. The smallest absolute Gasteiger partial charge is 0.338 e. The molecule has 7 nitrogen and oxygen atoms in total. The van der Waals surface area contributed by atoms with Crippen LogP contribution in [0.25, 0.3) is 0 Å². The third-order valence-electron chi connectivity index (χ3n) is 4.27. The van der Waals surface area contributed by atoms with Crippen LogP contribution < -0.4 is 9.62 Å². The third-order valence-corrected chi connectivity index (χ3v) is 5.71. The van der Waals surface area contributed by atoms with E-state index in [9.17, 15) is 18.0 Å². The molecule has 0 bridgehead atoms. The minimum Gasteiger partial charge on any atom is -0.462 e. The zero-order valence-corrected chi connectivity index (χ0v) is 18.9. The first-order chi connectivity index (χ1) is 14.0. The molecule has 9 heteroatoms. The van der Waals surface area contributed by atoms with Crippen LogP contribution in [0.2, 0.25) is 5.02 Å². The second-order valence-electron chi connectivity index (χ2n) is 6.95. The molecule has 0 spiro atoms. The Balaban J connectivity index is 2.25. The van der Waals surface area contributed by atoms with Crippen molar-refractivity contribution in [1.29, 1.82) is 0 Å². The molecule has 0 aliphatic heterocycles. The summed E-state index contributed by atoms with van der Waals surface area (Å²) in [5, 5.41) is 2.74. The highest BCUT2D eigenvalue weighted by Gasteiger charge is 2.24.